The number of ether oxygens (including phenoxy) is 2. The van der Waals surface area contributed by atoms with Gasteiger partial charge in [0.25, 0.3) is 0 Å². The van der Waals surface area contributed by atoms with E-state index in [-0.39, 0.29) is 5.97 Å². The van der Waals surface area contributed by atoms with Crippen LogP contribution in [0.1, 0.15) is 6.92 Å². The molecule has 0 radical (unpaired) electrons. The fraction of sp³-hybridized carbons (Fsp3) is 0.571. The van der Waals surface area contributed by atoms with E-state index in [1.54, 1.807) is 6.92 Å². The Morgan fingerprint density at radius 1 is 1.64 bits per heavy atom. The Kier molecular flexibility index (Phi) is 7.66. The Hall–Kier alpha value is -0.260. The smallest absolute Gasteiger partial charge is 0.333 e. The van der Waals surface area contributed by atoms with Crippen LogP contribution in [0.25, 0.3) is 0 Å². The van der Waals surface area contributed by atoms with Crippen LogP contribution in [0.15, 0.2) is 12.3 Å². The molecule has 3 nitrogen and oxygen atoms in total. The summed E-state index contributed by atoms with van der Waals surface area (Å²) in [6.45, 7) is 2.78. The first kappa shape index (κ1) is 10.7. The standard InChI is InChI=1S/C7H11IO3/c1-2-11-7(9)3-5-10-6-4-8/h3,5H,2,4,6H2,1H3/b5-3+. The molecule has 0 rings (SSSR count). The first-order chi connectivity index (χ1) is 5.31. The number of rotatable bonds is 5. The number of halogens is 1. The lowest BCUT2D eigenvalue weighted by Gasteiger charge is -1.95. The van der Waals surface area contributed by atoms with Gasteiger partial charge in [-0.1, -0.05) is 22.6 Å². The summed E-state index contributed by atoms with van der Waals surface area (Å²) in [5.74, 6) is -0.360. The number of esters is 1. The summed E-state index contributed by atoms with van der Waals surface area (Å²) in [6.07, 6.45) is 2.63. The van der Waals surface area contributed by atoms with Crippen LogP contribution in [0.5, 0.6) is 0 Å². The molecule has 0 saturated carbocycles. The SMILES string of the molecule is CCOC(=O)/C=C/OCCI. The molecule has 0 saturated heterocycles. The maximum absolute atomic E-state index is 10.6. The average molecular weight is 270 g/mol. The van der Waals surface area contributed by atoms with E-state index in [1.807, 2.05) is 0 Å². The van der Waals surface area contributed by atoms with Crippen molar-refractivity contribution in [2.75, 3.05) is 17.6 Å². The highest BCUT2D eigenvalue weighted by atomic mass is 127. The fourth-order valence-electron chi connectivity index (χ4n) is 0.407. The van der Waals surface area contributed by atoms with Crippen LogP contribution in [-0.4, -0.2) is 23.6 Å². The quantitative estimate of drug-likeness (QED) is 0.190. The summed E-state index contributed by atoms with van der Waals surface area (Å²) in [5, 5.41) is 0. The highest BCUT2D eigenvalue weighted by molar-refractivity contribution is 14.1. The van der Waals surface area contributed by atoms with E-state index >= 15 is 0 Å². The second kappa shape index (κ2) is 7.84. The van der Waals surface area contributed by atoms with Crippen molar-refractivity contribution >= 4 is 28.6 Å². The van der Waals surface area contributed by atoms with Crippen molar-refractivity contribution in [1.29, 1.82) is 0 Å². The maximum atomic E-state index is 10.6. The second-order valence-electron chi connectivity index (χ2n) is 1.61. The lowest BCUT2D eigenvalue weighted by atomic mass is 10.6. The zero-order valence-corrected chi connectivity index (χ0v) is 8.54. The topological polar surface area (TPSA) is 35.5 Å². The zero-order chi connectivity index (χ0) is 8.53. The minimum Gasteiger partial charge on any atom is -0.500 e. The maximum Gasteiger partial charge on any atom is 0.333 e. The first-order valence-corrected chi connectivity index (χ1v) is 4.84. The van der Waals surface area contributed by atoms with Crippen molar-refractivity contribution in [2.24, 2.45) is 0 Å². The summed E-state index contributed by atoms with van der Waals surface area (Å²) in [5.41, 5.74) is 0. The molecule has 0 unspecified atom stereocenters. The fourth-order valence-corrected chi connectivity index (χ4v) is 0.661. The van der Waals surface area contributed by atoms with Gasteiger partial charge in [0, 0.05) is 4.43 Å². The summed E-state index contributed by atoms with van der Waals surface area (Å²) in [6, 6.07) is 0. The minimum absolute atomic E-state index is 0.360. The molecule has 0 atom stereocenters. The summed E-state index contributed by atoms with van der Waals surface area (Å²) >= 11 is 2.19. The van der Waals surface area contributed by atoms with Crippen LogP contribution in [-0.2, 0) is 14.3 Å². The van der Waals surface area contributed by atoms with Crippen molar-refractivity contribution in [3.05, 3.63) is 12.3 Å². The third kappa shape index (κ3) is 7.64. The molecule has 11 heavy (non-hydrogen) atoms. The van der Waals surface area contributed by atoms with Gasteiger partial charge in [0.2, 0.25) is 0 Å². The van der Waals surface area contributed by atoms with Gasteiger partial charge in [-0.25, -0.2) is 4.79 Å². The van der Waals surface area contributed by atoms with Crippen molar-refractivity contribution < 1.29 is 14.3 Å². The highest BCUT2D eigenvalue weighted by Gasteiger charge is 1.91. The molecule has 0 N–H and O–H groups in total. The predicted molar refractivity (Wildman–Crippen MR) is 50.6 cm³/mol. The number of hydrogen-bond acceptors (Lipinski definition) is 3. The molecular weight excluding hydrogens is 259 g/mol. The summed E-state index contributed by atoms with van der Waals surface area (Å²) < 4.78 is 10.4. The van der Waals surface area contributed by atoms with Crippen LogP contribution in [0.3, 0.4) is 0 Å². The van der Waals surface area contributed by atoms with Crippen molar-refractivity contribution in [2.45, 2.75) is 6.92 Å². The van der Waals surface area contributed by atoms with Crippen LogP contribution in [0.4, 0.5) is 0 Å². The van der Waals surface area contributed by atoms with Gasteiger partial charge in [-0.15, -0.1) is 0 Å². The highest BCUT2D eigenvalue weighted by Crippen LogP contribution is 1.85. The lowest BCUT2D eigenvalue weighted by molar-refractivity contribution is -0.137. The molecule has 0 spiro atoms. The second-order valence-corrected chi connectivity index (χ2v) is 2.69. The average Bonchev–Trinajstić information content (AvgIpc) is 1.99. The van der Waals surface area contributed by atoms with Gasteiger partial charge in [-0.2, -0.15) is 0 Å². The largest absolute Gasteiger partial charge is 0.500 e. The van der Waals surface area contributed by atoms with Crippen LogP contribution in [0.2, 0.25) is 0 Å². The van der Waals surface area contributed by atoms with Gasteiger partial charge in [0.05, 0.1) is 25.6 Å². The van der Waals surface area contributed by atoms with E-state index in [0.29, 0.717) is 13.2 Å². The molecule has 0 fully saturated rings. The van der Waals surface area contributed by atoms with Crippen molar-refractivity contribution in [3.63, 3.8) is 0 Å². The van der Waals surface area contributed by atoms with Crippen molar-refractivity contribution in [3.8, 4) is 0 Å². The summed E-state index contributed by atoms with van der Waals surface area (Å²) in [7, 11) is 0. The molecule has 0 amide bonds. The Balaban J connectivity index is 3.32. The Morgan fingerprint density at radius 2 is 2.36 bits per heavy atom. The minimum atomic E-state index is -0.360. The van der Waals surface area contributed by atoms with E-state index in [1.165, 1.54) is 12.3 Å². The van der Waals surface area contributed by atoms with E-state index < -0.39 is 0 Å². The molecule has 0 heterocycles. The van der Waals surface area contributed by atoms with Gasteiger partial charge >= 0.3 is 5.97 Å². The third-order valence-electron chi connectivity index (χ3n) is 0.782. The zero-order valence-electron chi connectivity index (χ0n) is 6.38. The van der Waals surface area contributed by atoms with E-state index in [0.717, 1.165) is 4.43 Å². The number of carbonyl (C=O) groups is 1. The molecule has 0 aromatic rings. The molecule has 0 aliphatic carbocycles. The molecule has 64 valence electrons. The number of carbonyl (C=O) groups excluding carboxylic acids is 1. The van der Waals surface area contributed by atoms with E-state index in [9.17, 15) is 4.79 Å². The van der Waals surface area contributed by atoms with Crippen LogP contribution < -0.4 is 0 Å². The van der Waals surface area contributed by atoms with Gasteiger partial charge in [-0.3, -0.25) is 0 Å². The number of alkyl halides is 1. The Morgan fingerprint density at radius 3 is 2.91 bits per heavy atom. The van der Waals surface area contributed by atoms with Crippen LogP contribution >= 0.6 is 22.6 Å². The van der Waals surface area contributed by atoms with Gasteiger partial charge in [-0.05, 0) is 6.92 Å². The lowest BCUT2D eigenvalue weighted by Crippen LogP contribution is -1.99. The van der Waals surface area contributed by atoms with E-state index in [2.05, 4.69) is 27.3 Å². The van der Waals surface area contributed by atoms with E-state index in [4.69, 9.17) is 4.74 Å². The third-order valence-corrected chi connectivity index (χ3v) is 1.22. The number of hydrogen-bond donors (Lipinski definition) is 0. The van der Waals surface area contributed by atoms with Gasteiger partial charge in [0.15, 0.2) is 0 Å². The molecule has 0 aromatic heterocycles. The molecular formula is C7H11IO3. The molecule has 4 heteroatoms. The van der Waals surface area contributed by atoms with Gasteiger partial charge < -0.3 is 9.47 Å². The van der Waals surface area contributed by atoms with Crippen LogP contribution in [0, 0.1) is 0 Å². The molecule has 0 aliphatic rings. The molecule has 0 aliphatic heterocycles. The predicted octanol–water partition coefficient (Wildman–Crippen LogP) is 1.51. The monoisotopic (exact) mass is 270 g/mol. The Labute approximate surface area is 79.9 Å². The van der Waals surface area contributed by atoms with Gasteiger partial charge in [0.1, 0.15) is 0 Å². The first-order valence-electron chi connectivity index (χ1n) is 3.32. The van der Waals surface area contributed by atoms with Crippen molar-refractivity contribution in [1.82, 2.24) is 0 Å². The Bertz CT molecular complexity index is 134. The molecule has 0 aromatic carbocycles. The summed E-state index contributed by atoms with van der Waals surface area (Å²) in [4.78, 5) is 10.6. The molecule has 0 bridgehead atoms. The normalized spacial score (nSPS) is 10.0.